The van der Waals surface area contributed by atoms with Gasteiger partial charge in [0.05, 0.1) is 18.0 Å². The summed E-state index contributed by atoms with van der Waals surface area (Å²) in [6.45, 7) is 2.55. The van der Waals surface area contributed by atoms with Crippen LogP contribution in [-0.2, 0) is 9.59 Å². The highest BCUT2D eigenvalue weighted by molar-refractivity contribution is 8.00. The second-order valence-electron chi connectivity index (χ2n) is 5.36. The van der Waals surface area contributed by atoms with Gasteiger partial charge in [-0.15, -0.1) is 11.8 Å². The normalized spacial score (nSPS) is 13.0. The summed E-state index contributed by atoms with van der Waals surface area (Å²) in [6.07, 6.45) is 0. The van der Waals surface area contributed by atoms with Crippen LogP contribution in [0.15, 0.2) is 53.4 Å². The van der Waals surface area contributed by atoms with E-state index in [9.17, 15) is 9.59 Å². The van der Waals surface area contributed by atoms with Crippen LogP contribution in [0.3, 0.4) is 0 Å². The van der Waals surface area contributed by atoms with E-state index in [1.807, 2.05) is 48.5 Å². The Morgan fingerprint density at radius 2 is 1.92 bits per heavy atom. The minimum Gasteiger partial charge on any atom is -0.490 e. The Morgan fingerprint density at radius 1 is 1.17 bits per heavy atom. The summed E-state index contributed by atoms with van der Waals surface area (Å²) in [4.78, 5) is 26.3. The monoisotopic (exact) mass is 342 g/mol. The van der Waals surface area contributed by atoms with E-state index in [-0.39, 0.29) is 11.8 Å². The van der Waals surface area contributed by atoms with Gasteiger partial charge in [0.2, 0.25) is 11.8 Å². The predicted molar refractivity (Wildman–Crippen MR) is 95.8 cm³/mol. The third kappa shape index (κ3) is 3.89. The van der Waals surface area contributed by atoms with Gasteiger partial charge in [-0.1, -0.05) is 12.1 Å². The maximum atomic E-state index is 12.5. The first-order chi connectivity index (χ1) is 11.6. The van der Waals surface area contributed by atoms with Gasteiger partial charge in [0, 0.05) is 17.5 Å². The van der Waals surface area contributed by atoms with Gasteiger partial charge >= 0.3 is 0 Å². The summed E-state index contributed by atoms with van der Waals surface area (Å²) < 4.78 is 5.58. The summed E-state index contributed by atoms with van der Waals surface area (Å²) in [7, 11) is 0. The van der Waals surface area contributed by atoms with Crippen molar-refractivity contribution in [3.63, 3.8) is 0 Å². The van der Waals surface area contributed by atoms with E-state index in [0.717, 1.165) is 22.0 Å². The summed E-state index contributed by atoms with van der Waals surface area (Å²) in [5.41, 5.74) is 1.58. The van der Waals surface area contributed by atoms with E-state index in [1.165, 1.54) is 18.7 Å². The van der Waals surface area contributed by atoms with Crippen molar-refractivity contribution in [2.24, 2.45) is 0 Å². The van der Waals surface area contributed by atoms with Crippen molar-refractivity contribution >= 4 is 35.0 Å². The number of para-hydroxylation sites is 2. The Hall–Kier alpha value is -2.47. The lowest BCUT2D eigenvalue weighted by atomic mass is 10.2. The zero-order valence-corrected chi connectivity index (χ0v) is 14.1. The molecule has 2 amide bonds. The molecule has 5 nitrogen and oxygen atoms in total. The number of hydrogen-bond donors (Lipinski definition) is 1. The quantitative estimate of drug-likeness (QED) is 0.867. The number of anilines is 2. The average Bonchev–Trinajstić information content (AvgIpc) is 2.60. The molecule has 24 heavy (non-hydrogen) atoms. The number of nitrogens with one attached hydrogen (secondary N) is 1. The van der Waals surface area contributed by atoms with Crippen LogP contribution in [-0.4, -0.2) is 30.7 Å². The molecule has 6 heteroatoms. The largest absolute Gasteiger partial charge is 0.490 e. The Morgan fingerprint density at radius 3 is 2.67 bits per heavy atom. The van der Waals surface area contributed by atoms with Crippen molar-refractivity contribution in [1.29, 1.82) is 0 Å². The van der Waals surface area contributed by atoms with Gasteiger partial charge in [-0.3, -0.25) is 9.59 Å². The summed E-state index contributed by atoms with van der Waals surface area (Å²) in [6, 6.07) is 15.0. The van der Waals surface area contributed by atoms with Crippen molar-refractivity contribution in [3.8, 4) is 5.75 Å². The van der Waals surface area contributed by atoms with Crippen LogP contribution >= 0.6 is 11.8 Å². The number of carbonyl (C=O) groups is 2. The number of fused-ring (bicyclic) bond motifs is 1. The number of ether oxygens (including phenoxy) is 1. The van der Waals surface area contributed by atoms with Crippen molar-refractivity contribution in [1.82, 2.24) is 0 Å². The minimum atomic E-state index is -0.100. The number of carbonyl (C=O) groups excluding carboxylic acids is 2. The molecule has 0 unspecified atom stereocenters. The molecule has 1 aliphatic heterocycles. The molecule has 1 N–H and O–H groups in total. The Labute approximate surface area is 145 Å². The van der Waals surface area contributed by atoms with Crippen molar-refractivity contribution in [2.45, 2.75) is 11.8 Å². The second-order valence-corrected chi connectivity index (χ2v) is 6.40. The molecule has 124 valence electrons. The van der Waals surface area contributed by atoms with Crippen LogP contribution in [0.5, 0.6) is 5.75 Å². The van der Waals surface area contributed by atoms with E-state index < -0.39 is 0 Å². The van der Waals surface area contributed by atoms with E-state index in [0.29, 0.717) is 18.9 Å². The second kappa shape index (κ2) is 7.40. The maximum Gasteiger partial charge on any atom is 0.237 e. The standard InChI is InChI=1S/C18H18N2O3S/c1-13(21)19-14-6-8-15(9-7-14)24-12-18(22)20-10-11-23-17-5-3-2-4-16(17)20/h2-9H,10-12H2,1H3,(H,19,21). The number of benzene rings is 2. The first-order valence-corrected chi connectivity index (χ1v) is 8.65. The summed E-state index contributed by atoms with van der Waals surface area (Å²) >= 11 is 1.48. The van der Waals surface area contributed by atoms with Gasteiger partial charge in [-0.2, -0.15) is 0 Å². The molecular formula is C18H18N2O3S. The van der Waals surface area contributed by atoms with Crippen molar-refractivity contribution in [2.75, 3.05) is 29.1 Å². The maximum absolute atomic E-state index is 12.5. The van der Waals surface area contributed by atoms with Crippen LogP contribution in [0.25, 0.3) is 0 Å². The van der Waals surface area contributed by atoms with Crippen LogP contribution in [0.1, 0.15) is 6.92 Å². The lowest BCUT2D eigenvalue weighted by Crippen LogP contribution is -2.38. The van der Waals surface area contributed by atoms with E-state index >= 15 is 0 Å². The van der Waals surface area contributed by atoms with E-state index in [2.05, 4.69) is 5.32 Å². The molecule has 0 bridgehead atoms. The molecule has 3 rings (SSSR count). The lowest BCUT2D eigenvalue weighted by Gasteiger charge is -2.29. The topological polar surface area (TPSA) is 58.6 Å². The molecule has 2 aromatic carbocycles. The zero-order chi connectivity index (χ0) is 16.9. The first kappa shape index (κ1) is 16.4. The fraction of sp³-hybridized carbons (Fsp3) is 0.222. The number of nitrogens with zero attached hydrogens (tertiary/aromatic N) is 1. The van der Waals surface area contributed by atoms with Gasteiger partial charge < -0.3 is 15.0 Å². The van der Waals surface area contributed by atoms with Gasteiger partial charge in [0.1, 0.15) is 12.4 Å². The predicted octanol–water partition coefficient (Wildman–Crippen LogP) is 3.16. The lowest BCUT2D eigenvalue weighted by molar-refractivity contribution is -0.116. The molecule has 0 spiro atoms. The number of thioether (sulfide) groups is 1. The molecule has 0 aromatic heterocycles. The third-order valence-electron chi connectivity index (χ3n) is 3.57. The smallest absolute Gasteiger partial charge is 0.237 e. The average molecular weight is 342 g/mol. The molecule has 2 aromatic rings. The van der Waals surface area contributed by atoms with E-state index in [1.54, 1.807) is 4.90 Å². The van der Waals surface area contributed by atoms with Gasteiger partial charge in [0.25, 0.3) is 0 Å². The molecule has 0 saturated heterocycles. The third-order valence-corrected chi connectivity index (χ3v) is 4.56. The van der Waals surface area contributed by atoms with Gasteiger partial charge in [-0.05, 0) is 36.4 Å². The fourth-order valence-corrected chi connectivity index (χ4v) is 3.26. The molecule has 0 atom stereocenters. The Balaban J connectivity index is 1.61. The zero-order valence-electron chi connectivity index (χ0n) is 13.3. The molecule has 0 aliphatic carbocycles. The molecular weight excluding hydrogens is 324 g/mol. The molecule has 1 aliphatic rings. The molecule has 1 heterocycles. The highest BCUT2D eigenvalue weighted by atomic mass is 32.2. The number of amides is 2. The Kier molecular flexibility index (Phi) is 5.05. The number of hydrogen-bond acceptors (Lipinski definition) is 4. The highest BCUT2D eigenvalue weighted by Crippen LogP contribution is 2.31. The van der Waals surface area contributed by atoms with Crippen LogP contribution < -0.4 is 15.0 Å². The Bertz CT molecular complexity index is 746. The van der Waals surface area contributed by atoms with Gasteiger partial charge in [0.15, 0.2) is 0 Å². The van der Waals surface area contributed by atoms with Crippen LogP contribution in [0.4, 0.5) is 11.4 Å². The number of rotatable bonds is 4. The summed E-state index contributed by atoms with van der Waals surface area (Å²) in [5, 5.41) is 2.72. The fourth-order valence-electron chi connectivity index (χ4n) is 2.49. The SMILES string of the molecule is CC(=O)Nc1ccc(SCC(=O)N2CCOc3ccccc32)cc1. The minimum absolute atomic E-state index is 0.0571. The van der Waals surface area contributed by atoms with E-state index in [4.69, 9.17) is 4.74 Å². The molecule has 0 radical (unpaired) electrons. The van der Waals surface area contributed by atoms with Gasteiger partial charge in [-0.25, -0.2) is 0 Å². The van der Waals surface area contributed by atoms with Crippen molar-refractivity contribution < 1.29 is 14.3 Å². The van der Waals surface area contributed by atoms with Crippen molar-refractivity contribution in [3.05, 3.63) is 48.5 Å². The van der Waals surface area contributed by atoms with Crippen LogP contribution in [0.2, 0.25) is 0 Å². The first-order valence-electron chi connectivity index (χ1n) is 7.66. The highest BCUT2D eigenvalue weighted by Gasteiger charge is 2.23. The summed E-state index contributed by atoms with van der Waals surface area (Å²) in [5.74, 6) is 1.06. The molecule has 0 fully saturated rings. The molecule has 0 saturated carbocycles. The van der Waals surface area contributed by atoms with Crippen LogP contribution in [0, 0.1) is 0 Å².